The van der Waals surface area contributed by atoms with E-state index in [0.29, 0.717) is 6.42 Å². The molecule has 0 bridgehead atoms. The van der Waals surface area contributed by atoms with Crippen molar-refractivity contribution in [1.82, 2.24) is 10.6 Å². The molecule has 0 saturated carbocycles. The maximum atomic E-state index is 12.6. The highest BCUT2D eigenvalue weighted by atomic mass is 16.3. The Hall–Kier alpha value is -1.39. The fourth-order valence-corrected chi connectivity index (χ4v) is 2.68. The van der Waals surface area contributed by atoms with Gasteiger partial charge in [-0.05, 0) is 37.3 Å². The largest absolute Gasteiger partial charge is 0.396 e. The SMILES string of the molecule is CCC(C)(CCO)NC(=O)C1NCCc2ccccc21. The predicted molar refractivity (Wildman–Crippen MR) is 79.4 cm³/mol. The average Bonchev–Trinajstić information content (AvgIpc) is 2.46. The molecule has 20 heavy (non-hydrogen) atoms. The van der Waals surface area contributed by atoms with Crippen LogP contribution in [0.3, 0.4) is 0 Å². The zero-order valence-electron chi connectivity index (χ0n) is 12.3. The molecule has 110 valence electrons. The van der Waals surface area contributed by atoms with Crippen molar-refractivity contribution in [3.05, 3.63) is 35.4 Å². The minimum atomic E-state index is -0.347. The minimum Gasteiger partial charge on any atom is -0.396 e. The number of amides is 1. The normalized spacial score (nSPS) is 20.9. The van der Waals surface area contributed by atoms with Gasteiger partial charge < -0.3 is 15.7 Å². The van der Waals surface area contributed by atoms with E-state index >= 15 is 0 Å². The standard InChI is InChI=1S/C16H24N2O2/c1-3-16(2,9-11-19)18-15(20)14-13-7-5-4-6-12(13)8-10-17-14/h4-7,14,17,19H,3,8-11H2,1-2H3,(H,18,20). The fraction of sp³-hybridized carbons (Fsp3) is 0.562. The van der Waals surface area contributed by atoms with E-state index < -0.39 is 0 Å². The number of aliphatic hydroxyl groups excluding tert-OH is 1. The third-order valence-corrected chi connectivity index (χ3v) is 4.24. The monoisotopic (exact) mass is 276 g/mol. The lowest BCUT2D eigenvalue weighted by atomic mass is 9.91. The summed E-state index contributed by atoms with van der Waals surface area (Å²) in [7, 11) is 0. The Morgan fingerprint density at radius 2 is 2.25 bits per heavy atom. The van der Waals surface area contributed by atoms with Crippen LogP contribution in [0.5, 0.6) is 0 Å². The van der Waals surface area contributed by atoms with Gasteiger partial charge in [-0.2, -0.15) is 0 Å². The summed E-state index contributed by atoms with van der Waals surface area (Å²) in [6.07, 6.45) is 2.33. The minimum absolute atomic E-state index is 0.00468. The topological polar surface area (TPSA) is 61.4 Å². The third-order valence-electron chi connectivity index (χ3n) is 4.24. The summed E-state index contributed by atoms with van der Waals surface area (Å²) in [5.41, 5.74) is 1.96. The van der Waals surface area contributed by atoms with Gasteiger partial charge in [0.15, 0.2) is 0 Å². The molecule has 3 N–H and O–H groups in total. The van der Waals surface area contributed by atoms with Crippen LogP contribution in [0.25, 0.3) is 0 Å². The van der Waals surface area contributed by atoms with Crippen molar-refractivity contribution >= 4 is 5.91 Å². The number of hydrogen-bond donors (Lipinski definition) is 3. The van der Waals surface area contributed by atoms with E-state index in [9.17, 15) is 4.79 Å². The Kier molecular flexibility index (Phi) is 4.78. The molecule has 0 saturated heterocycles. The Labute approximate surface area is 120 Å². The van der Waals surface area contributed by atoms with E-state index in [1.807, 2.05) is 32.0 Å². The summed E-state index contributed by atoms with van der Waals surface area (Å²) < 4.78 is 0. The Morgan fingerprint density at radius 1 is 1.50 bits per heavy atom. The molecule has 2 rings (SSSR count). The number of carbonyl (C=O) groups excluding carboxylic acids is 1. The first kappa shape index (κ1) is 15.0. The number of benzene rings is 1. The molecule has 1 amide bonds. The Balaban J connectivity index is 2.14. The summed E-state index contributed by atoms with van der Waals surface area (Å²) in [6, 6.07) is 7.80. The second-order valence-electron chi connectivity index (χ2n) is 5.71. The van der Waals surface area contributed by atoms with Crippen LogP contribution >= 0.6 is 0 Å². The maximum absolute atomic E-state index is 12.6. The van der Waals surface area contributed by atoms with E-state index in [1.54, 1.807) is 0 Å². The molecule has 0 radical (unpaired) electrons. The molecule has 0 spiro atoms. The summed E-state index contributed by atoms with van der Waals surface area (Å²) in [5.74, 6) is -0.00468. The molecule has 1 heterocycles. The second kappa shape index (κ2) is 6.37. The molecule has 2 unspecified atom stereocenters. The predicted octanol–water partition coefficient (Wildman–Crippen LogP) is 1.54. The Morgan fingerprint density at radius 3 is 2.95 bits per heavy atom. The zero-order valence-corrected chi connectivity index (χ0v) is 12.3. The number of hydrogen-bond acceptors (Lipinski definition) is 3. The molecule has 2 atom stereocenters. The number of carbonyl (C=O) groups is 1. The molecule has 1 aromatic rings. The highest BCUT2D eigenvalue weighted by Crippen LogP contribution is 2.24. The molecule has 1 aliphatic rings. The second-order valence-corrected chi connectivity index (χ2v) is 5.71. The van der Waals surface area contributed by atoms with Crippen LogP contribution in [0.4, 0.5) is 0 Å². The lowest BCUT2D eigenvalue weighted by Gasteiger charge is -2.33. The number of nitrogens with one attached hydrogen (secondary N) is 2. The quantitative estimate of drug-likeness (QED) is 0.764. The van der Waals surface area contributed by atoms with Crippen molar-refractivity contribution in [2.45, 2.75) is 44.7 Å². The van der Waals surface area contributed by atoms with Crippen molar-refractivity contribution in [3.63, 3.8) is 0 Å². The van der Waals surface area contributed by atoms with Crippen LogP contribution < -0.4 is 10.6 Å². The van der Waals surface area contributed by atoms with E-state index in [2.05, 4.69) is 16.7 Å². The summed E-state index contributed by atoms with van der Waals surface area (Å²) in [4.78, 5) is 12.6. The van der Waals surface area contributed by atoms with E-state index in [4.69, 9.17) is 5.11 Å². The van der Waals surface area contributed by atoms with Gasteiger partial charge in [0.25, 0.3) is 0 Å². The van der Waals surface area contributed by atoms with Crippen LogP contribution in [-0.2, 0) is 11.2 Å². The van der Waals surface area contributed by atoms with Crippen LogP contribution in [-0.4, -0.2) is 29.7 Å². The lowest BCUT2D eigenvalue weighted by molar-refractivity contribution is -0.125. The first-order valence-corrected chi connectivity index (χ1v) is 7.34. The highest BCUT2D eigenvalue weighted by molar-refractivity contribution is 5.84. The van der Waals surface area contributed by atoms with Gasteiger partial charge in [-0.1, -0.05) is 31.2 Å². The van der Waals surface area contributed by atoms with Crippen molar-refractivity contribution < 1.29 is 9.90 Å². The summed E-state index contributed by atoms with van der Waals surface area (Å²) in [5, 5.41) is 15.5. The van der Waals surface area contributed by atoms with Crippen LogP contribution in [0, 0.1) is 0 Å². The van der Waals surface area contributed by atoms with E-state index in [0.717, 1.165) is 24.9 Å². The smallest absolute Gasteiger partial charge is 0.242 e. The molecule has 1 aliphatic heterocycles. The fourth-order valence-electron chi connectivity index (χ4n) is 2.68. The molecular formula is C16H24N2O2. The molecule has 0 aliphatic carbocycles. The van der Waals surface area contributed by atoms with Gasteiger partial charge in [-0.25, -0.2) is 0 Å². The first-order chi connectivity index (χ1) is 9.59. The van der Waals surface area contributed by atoms with Gasteiger partial charge in [0.05, 0.1) is 0 Å². The van der Waals surface area contributed by atoms with Gasteiger partial charge in [-0.3, -0.25) is 4.79 Å². The Bertz CT molecular complexity index is 475. The highest BCUT2D eigenvalue weighted by Gasteiger charge is 2.30. The zero-order chi connectivity index (χ0) is 14.6. The van der Waals surface area contributed by atoms with Crippen LogP contribution in [0.2, 0.25) is 0 Å². The molecule has 0 fully saturated rings. The first-order valence-electron chi connectivity index (χ1n) is 7.34. The van der Waals surface area contributed by atoms with Crippen molar-refractivity contribution in [2.75, 3.05) is 13.2 Å². The van der Waals surface area contributed by atoms with Gasteiger partial charge in [-0.15, -0.1) is 0 Å². The van der Waals surface area contributed by atoms with E-state index in [1.165, 1.54) is 5.56 Å². The molecule has 0 aromatic heterocycles. The van der Waals surface area contributed by atoms with Crippen LogP contribution in [0.15, 0.2) is 24.3 Å². The van der Waals surface area contributed by atoms with Gasteiger partial charge in [0.1, 0.15) is 6.04 Å². The molecule has 4 heteroatoms. The molecular weight excluding hydrogens is 252 g/mol. The molecule has 4 nitrogen and oxygen atoms in total. The third kappa shape index (κ3) is 3.19. The van der Waals surface area contributed by atoms with Crippen molar-refractivity contribution in [3.8, 4) is 0 Å². The summed E-state index contributed by atoms with van der Waals surface area (Å²) in [6.45, 7) is 4.91. The van der Waals surface area contributed by atoms with Gasteiger partial charge >= 0.3 is 0 Å². The molecule has 1 aromatic carbocycles. The van der Waals surface area contributed by atoms with Crippen molar-refractivity contribution in [2.24, 2.45) is 0 Å². The van der Waals surface area contributed by atoms with Crippen molar-refractivity contribution in [1.29, 1.82) is 0 Å². The number of fused-ring (bicyclic) bond motifs is 1. The van der Waals surface area contributed by atoms with Gasteiger partial charge in [0, 0.05) is 18.7 Å². The average molecular weight is 276 g/mol. The number of aliphatic hydroxyl groups is 1. The number of rotatable bonds is 5. The maximum Gasteiger partial charge on any atom is 0.242 e. The van der Waals surface area contributed by atoms with E-state index in [-0.39, 0.29) is 24.1 Å². The summed E-state index contributed by atoms with van der Waals surface area (Å²) >= 11 is 0. The van der Waals surface area contributed by atoms with Gasteiger partial charge in [0.2, 0.25) is 5.91 Å². The lowest BCUT2D eigenvalue weighted by Crippen LogP contribution is -2.51. The van der Waals surface area contributed by atoms with Crippen LogP contribution in [0.1, 0.15) is 43.9 Å².